The first-order valence-electron chi connectivity index (χ1n) is 23.9. The van der Waals surface area contributed by atoms with Gasteiger partial charge in [-0.05, 0) is 63.2 Å². The Morgan fingerprint density at radius 2 is 0.770 bits per heavy atom. The first-order valence-corrected chi connectivity index (χ1v) is 23.9. The predicted octanol–water partition coefficient (Wildman–Crippen LogP) is 9.69. The number of hydrogen-bond acceptors (Lipinski definition) is 7. The highest BCUT2D eigenvalue weighted by Crippen LogP contribution is 2.27. The van der Waals surface area contributed by atoms with Crippen LogP contribution in [0.5, 0.6) is 0 Å². The summed E-state index contributed by atoms with van der Waals surface area (Å²) < 4.78 is 0. The molecule has 0 aromatic rings. The lowest BCUT2D eigenvalue weighted by atomic mass is 9.84. The maximum atomic E-state index is 13.5. The predicted molar refractivity (Wildman–Crippen MR) is 242 cm³/mol. The van der Waals surface area contributed by atoms with Crippen molar-refractivity contribution in [1.29, 1.82) is 0 Å². The number of rotatable bonds is 44. The van der Waals surface area contributed by atoms with Gasteiger partial charge in [0.1, 0.15) is 0 Å². The molecule has 352 valence electrons. The number of amides is 2. The van der Waals surface area contributed by atoms with Crippen LogP contribution >= 0.6 is 0 Å². The number of carbonyl (C=O) groups excluding carboxylic acids is 2. The van der Waals surface area contributed by atoms with Crippen molar-refractivity contribution >= 4 is 35.7 Å². The molecule has 0 radical (unpaired) electrons. The van der Waals surface area contributed by atoms with Crippen LogP contribution in [0.15, 0.2) is 24.3 Å². The zero-order valence-corrected chi connectivity index (χ0v) is 38.0. The molecule has 0 heterocycles. The monoisotopic (exact) mass is 864 g/mol. The van der Waals surface area contributed by atoms with E-state index < -0.39 is 35.7 Å². The second-order valence-corrected chi connectivity index (χ2v) is 16.7. The summed E-state index contributed by atoms with van der Waals surface area (Å²) in [4.78, 5) is 72.3. The van der Waals surface area contributed by atoms with E-state index >= 15 is 0 Å². The molecule has 0 aromatic heterocycles. The van der Waals surface area contributed by atoms with E-state index in [1.807, 2.05) is 24.3 Å². The second kappa shape index (κ2) is 40.3. The van der Waals surface area contributed by atoms with Crippen molar-refractivity contribution in [1.82, 2.24) is 16.0 Å². The quantitative estimate of drug-likeness (QED) is 0.0226. The highest BCUT2D eigenvalue weighted by atomic mass is 16.4. The molecule has 0 aliphatic heterocycles. The molecule has 13 nitrogen and oxygen atoms in total. The molecule has 4 atom stereocenters. The number of aliphatic carboxylic acids is 4. The van der Waals surface area contributed by atoms with Gasteiger partial charge in [-0.1, -0.05) is 141 Å². The summed E-state index contributed by atoms with van der Waals surface area (Å²) in [5, 5.41) is 46.3. The number of hydrogen-bond donors (Lipinski definition) is 7. The van der Waals surface area contributed by atoms with Crippen LogP contribution in [-0.2, 0) is 28.8 Å². The molecule has 4 unspecified atom stereocenters. The number of allylic oxidation sites excluding steroid dienone is 4. The largest absolute Gasteiger partial charge is 0.481 e. The zero-order valence-electron chi connectivity index (χ0n) is 38.0. The van der Waals surface area contributed by atoms with Gasteiger partial charge in [-0.3, -0.25) is 28.8 Å². The lowest BCUT2D eigenvalue weighted by Gasteiger charge is -2.24. The van der Waals surface area contributed by atoms with Crippen molar-refractivity contribution in [3.05, 3.63) is 24.3 Å². The minimum atomic E-state index is -1.02. The molecule has 61 heavy (non-hydrogen) atoms. The van der Waals surface area contributed by atoms with Gasteiger partial charge in [0.2, 0.25) is 11.8 Å². The fourth-order valence-corrected chi connectivity index (χ4v) is 7.70. The van der Waals surface area contributed by atoms with E-state index in [2.05, 4.69) is 29.8 Å². The van der Waals surface area contributed by atoms with E-state index in [0.717, 1.165) is 128 Å². The Labute approximate surface area is 367 Å². The Bertz CT molecular complexity index is 1150. The fourth-order valence-electron chi connectivity index (χ4n) is 7.70. The van der Waals surface area contributed by atoms with Gasteiger partial charge >= 0.3 is 23.9 Å². The van der Waals surface area contributed by atoms with Crippen LogP contribution in [0, 0.1) is 23.7 Å². The Balaban J connectivity index is 5.27. The summed E-state index contributed by atoms with van der Waals surface area (Å²) in [6, 6.07) is 0. The molecule has 0 aliphatic carbocycles. The van der Waals surface area contributed by atoms with Crippen molar-refractivity contribution in [2.45, 2.75) is 194 Å². The summed E-state index contributed by atoms with van der Waals surface area (Å²) >= 11 is 0. The van der Waals surface area contributed by atoms with Gasteiger partial charge in [-0.15, -0.1) is 0 Å². The van der Waals surface area contributed by atoms with Crippen molar-refractivity contribution in [2.75, 3.05) is 26.2 Å². The first kappa shape index (κ1) is 57.3. The molecular weight excluding hydrogens is 779 g/mol. The normalized spacial score (nSPS) is 13.5. The van der Waals surface area contributed by atoms with Gasteiger partial charge in [-0.25, -0.2) is 0 Å². The van der Waals surface area contributed by atoms with Crippen molar-refractivity contribution in [2.24, 2.45) is 23.7 Å². The third-order valence-corrected chi connectivity index (χ3v) is 11.3. The minimum Gasteiger partial charge on any atom is -0.481 e. The smallest absolute Gasteiger partial charge is 0.304 e. The highest BCUT2D eigenvalue weighted by molar-refractivity contribution is 5.84. The number of unbranched alkanes of at least 4 members (excludes halogenated alkanes) is 18. The van der Waals surface area contributed by atoms with Gasteiger partial charge in [0, 0.05) is 39.0 Å². The minimum absolute atomic E-state index is 0.171. The molecule has 0 aliphatic rings. The second-order valence-electron chi connectivity index (χ2n) is 16.7. The van der Waals surface area contributed by atoms with Gasteiger partial charge in [0.25, 0.3) is 0 Å². The zero-order chi connectivity index (χ0) is 45.4. The lowest BCUT2D eigenvalue weighted by molar-refractivity contribution is -0.142. The lowest BCUT2D eigenvalue weighted by Crippen LogP contribution is -2.42. The Morgan fingerprint density at radius 1 is 0.426 bits per heavy atom. The van der Waals surface area contributed by atoms with E-state index in [-0.39, 0.29) is 62.4 Å². The van der Waals surface area contributed by atoms with Crippen LogP contribution in [0.2, 0.25) is 0 Å². The third kappa shape index (κ3) is 35.5. The van der Waals surface area contributed by atoms with Crippen LogP contribution in [0.25, 0.3) is 0 Å². The molecule has 0 saturated heterocycles. The maximum Gasteiger partial charge on any atom is 0.304 e. The molecule has 0 aromatic carbocycles. The average molecular weight is 864 g/mol. The number of carbonyl (C=O) groups is 6. The van der Waals surface area contributed by atoms with Gasteiger partial charge in [-0.2, -0.15) is 0 Å². The van der Waals surface area contributed by atoms with Crippen LogP contribution in [-0.4, -0.2) is 82.3 Å². The topological polar surface area (TPSA) is 219 Å². The fraction of sp³-hybridized carbons (Fsp3) is 0.792. The standard InChI is InChI=1S/C48H85N3O10/c1-3-5-7-9-15-21-27-39(29-23-17-11-13-19-25-31-43(52)53)41(37-45(56)57)47(60)50-35-33-49-34-36-51-48(61)42(38-46(58)59)40(28-22-16-10-8-6-4-2)30-24-18-12-14-20-26-32-44(54)55/h23-24,29-30,39-42,49H,3-22,25-28,31-38H2,1-2H3,(H,50,60)(H,51,61)(H,52,53)(H,54,55)(H,56,57)(H,58,59). The molecule has 0 bridgehead atoms. The Hall–Kier alpha value is -3.74. The SMILES string of the molecule is CCCCCCCCC(C=CCCCCCCC(=O)O)C(CC(=O)O)C(=O)NCCNCCNC(=O)C(CC(=O)O)C(C=CCCCCCCC(=O)O)CCCCCCCC. The summed E-state index contributed by atoms with van der Waals surface area (Å²) in [5.41, 5.74) is 0. The average Bonchev–Trinajstić information content (AvgIpc) is 3.21. The van der Waals surface area contributed by atoms with Crippen LogP contribution in [0.3, 0.4) is 0 Å². The van der Waals surface area contributed by atoms with Gasteiger partial charge < -0.3 is 36.4 Å². The Morgan fingerprint density at radius 3 is 1.13 bits per heavy atom. The molecule has 0 spiro atoms. The molecule has 13 heteroatoms. The summed E-state index contributed by atoms with van der Waals surface area (Å²) in [6.45, 7) is 5.70. The maximum absolute atomic E-state index is 13.5. The Kier molecular flexibility index (Phi) is 37.9. The van der Waals surface area contributed by atoms with Crippen LogP contribution in [0.1, 0.15) is 194 Å². The van der Waals surface area contributed by atoms with Crippen LogP contribution in [0.4, 0.5) is 0 Å². The van der Waals surface area contributed by atoms with Crippen LogP contribution < -0.4 is 16.0 Å². The molecule has 0 rings (SSSR count). The number of carboxylic acid groups (broad SMARTS) is 4. The van der Waals surface area contributed by atoms with Crippen molar-refractivity contribution in [3.8, 4) is 0 Å². The third-order valence-electron chi connectivity index (χ3n) is 11.3. The summed E-state index contributed by atoms with van der Waals surface area (Å²) in [5.74, 6) is -6.08. The van der Waals surface area contributed by atoms with E-state index in [4.69, 9.17) is 10.2 Å². The number of carboxylic acids is 4. The van der Waals surface area contributed by atoms with Crippen molar-refractivity contribution in [3.63, 3.8) is 0 Å². The number of nitrogens with one attached hydrogen (secondary N) is 3. The summed E-state index contributed by atoms with van der Waals surface area (Å²) in [6.07, 6.45) is 30.6. The molecule has 2 amide bonds. The highest BCUT2D eigenvalue weighted by Gasteiger charge is 2.30. The van der Waals surface area contributed by atoms with E-state index in [9.17, 15) is 39.0 Å². The molecule has 0 fully saturated rings. The van der Waals surface area contributed by atoms with Gasteiger partial charge in [0.05, 0.1) is 24.7 Å². The van der Waals surface area contributed by atoms with Gasteiger partial charge in [0.15, 0.2) is 0 Å². The van der Waals surface area contributed by atoms with Crippen molar-refractivity contribution < 1.29 is 49.2 Å². The van der Waals surface area contributed by atoms with E-state index in [0.29, 0.717) is 25.9 Å². The molecular formula is C48H85N3O10. The van der Waals surface area contributed by atoms with E-state index in [1.165, 1.54) is 12.8 Å². The first-order chi connectivity index (χ1) is 29.4. The molecule has 7 N–H and O–H groups in total. The van der Waals surface area contributed by atoms with E-state index in [1.54, 1.807) is 0 Å². The molecule has 0 saturated carbocycles. The summed E-state index contributed by atoms with van der Waals surface area (Å²) in [7, 11) is 0.